The number of aliphatic hydroxyl groups is 1. The maximum Gasteiger partial charge on any atom is 0.234 e. The summed E-state index contributed by atoms with van der Waals surface area (Å²) in [6, 6.07) is 0. The molecule has 16 heavy (non-hydrogen) atoms. The topological polar surface area (TPSA) is 70.6 Å². The zero-order valence-electron chi connectivity index (χ0n) is 9.29. The lowest BCUT2D eigenvalue weighted by Crippen LogP contribution is -2.56. The summed E-state index contributed by atoms with van der Waals surface area (Å²) in [7, 11) is 0. The third-order valence-corrected chi connectivity index (χ3v) is 2.67. The largest absolute Gasteiger partial charge is 0.394 e. The first-order chi connectivity index (χ1) is 7.72. The molecule has 0 aromatic carbocycles. The Balaban J connectivity index is 2.37. The number of hydrogen-bond acceptors (Lipinski definition) is 4. The molecule has 0 aromatic heterocycles. The molecule has 1 fully saturated rings. The molecule has 0 aliphatic carbocycles. The highest BCUT2D eigenvalue weighted by Crippen LogP contribution is 2.19. The number of ether oxygens (including phenoxy) is 1. The molecule has 90 valence electrons. The summed E-state index contributed by atoms with van der Waals surface area (Å²) in [5.41, 5.74) is -0.521. The van der Waals surface area contributed by atoms with Crippen LogP contribution in [0.25, 0.3) is 0 Å². The van der Waals surface area contributed by atoms with Gasteiger partial charge in [-0.2, -0.15) is 0 Å². The fraction of sp³-hybridized carbons (Fsp3) is 0.727. The van der Waals surface area contributed by atoms with Crippen molar-refractivity contribution in [1.29, 1.82) is 0 Å². The van der Waals surface area contributed by atoms with Gasteiger partial charge in [0, 0.05) is 13.2 Å². The average Bonchev–Trinajstić information content (AvgIpc) is 2.30. The van der Waals surface area contributed by atoms with E-state index >= 15 is 0 Å². The van der Waals surface area contributed by atoms with Crippen molar-refractivity contribution < 1.29 is 14.6 Å². The highest BCUT2D eigenvalue weighted by Gasteiger charge is 2.33. The molecule has 5 heteroatoms. The van der Waals surface area contributed by atoms with Crippen molar-refractivity contribution in [2.24, 2.45) is 0 Å². The van der Waals surface area contributed by atoms with Crippen LogP contribution < -0.4 is 10.6 Å². The molecule has 1 rings (SSSR count). The van der Waals surface area contributed by atoms with Gasteiger partial charge in [-0.25, -0.2) is 0 Å². The van der Waals surface area contributed by atoms with E-state index in [-0.39, 0.29) is 19.1 Å². The van der Waals surface area contributed by atoms with E-state index in [1.165, 1.54) is 0 Å². The minimum absolute atomic E-state index is 0.0583. The molecule has 0 bridgehead atoms. The third kappa shape index (κ3) is 3.81. The molecule has 5 nitrogen and oxygen atoms in total. The first-order valence-corrected chi connectivity index (χ1v) is 5.36. The van der Waals surface area contributed by atoms with Crippen LogP contribution in [0.2, 0.25) is 0 Å². The second-order valence-electron chi connectivity index (χ2n) is 3.91. The molecular formula is C11H18N2O3. The number of terminal acetylenes is 1. The number of rotatable bonds is 5. The van der Waals surface area contributed by atoms with Crippen molar-refractivity contribution in [1.82, 2.24) is 10.6 Å². The maximum absolute atomic E-state index is 11.6. The SMILES string of the molecule is C#CCNCC(=O)NC1(CO)CCOCC1. The van der Waals surface area contributed by atoms with Gasteiger partial charge in [0.05, 0.1) is 25.2 Å². The van der Waals surface area contributed by atoms with Gasteiger partial charge in [-0.3, -0.25) is 10.1 Å². The molecule has 1 heterocycles. The van der Waals surface area contributed by atoms with Crippen LogP contribution in [0.1, 0.15) is 12.8 Å². The van der Waals surface area contributed by atoms with Gasteiger partial charge < -0.3 is 15.2 Å². The monoisotopic (exact) mass is 226 g/mol. The Hall–Kier alpha value is -1.09. The molecule has 0 saturated carbocycles. The molecule has 3 N–H and O–H groups in total. The zero-order valence-corrected chi connectivity index (χ0v) is 9.29. The van der Waals surface area contributed by atoms with E-state index in [9.17, 15) is 9.90 Å². The number of carbonyl (C=O) groups is 1. The fourth-order valence-corrected chi connectivity index (χ4v) is 1.67. The van der Waals surface area contributed by atoms with Crippen molar-refractivity contribution in [3.63, 3.8) is 0 Å². The van der Waals surface area contributed by atoms with E-state index in [1.807, 2.05) is 0 Å². The maximum atomic E-state index is 11.6. The summed E-state index contributed by atoms with van der Waals surface area (Å²) in [6.45, 7) is 1.62. The molecule has 1 aliphatic rings. The molecule has 0 unspecified atom stereocenters. The molecule has 0 atom stereocenters. The van der Waals surface area contributed by atoms with Gasteiger partial charge in [0.15, 0.2) is 0 Å². The van der Waals surface area contributed by atoms with Crippen LogP contribution in [0.5, 0.6) is 0 Å². The predicted octanol–water partition coefficient (Wildman–Crippen LogP) is -1.13. The van der Waals surface area contributed by atoms with Crippen LogP contribution >= 0.6 is 0 Å². The van der Waals surface area contributed by atoms with Crippen molar-refractivity contribution in [3.8, 4) is 12.3 Å². The molecule has 1 aliphatic heterocycles. The summed E-state index contributed by atoms with van der Waals surface area (Å²) in [5, 5.41) is 15.0. The number of carbonyl (C=O) groups excluding carboxylic acids is 1. The van der Waals surface area contributed by atoms with Gasteiger partial charge in [0.25, 0.3) is 0 Å². The molecule has 0 radical (unpaired) electrons. The Labute approximate surface area is 95.6 Å². The lowest BCUT2D eigenvalue weighted by atomic mass is 9.91. The standard InChI is InChI=1S/C11H18N2O3/c1-2-5-12-8-10(15)13-11(9-14)3-6-16-7-4-11/h1,12,14H,3-9H2,(H,13,15). The smallest absolute Gasteiger partial charge is 0.234 e. The quantitative estimate of drug-likeness (QED) is 0.410. The van der Waals surface area contributed by atoms with Gasteiger partial charge in [0.2, 0.25) is 5.91 Å². The lowest BCUT2D eigenvalue weighted by Gasteiger charge is -2.36. The molecule has 0 spiro atoms. The summed E-state index contributed by atoms with van der Waals surface area (Å²) in [5.74, 6) is 2.24. The fourth-order valence-electron chi connectivity index (χ4n) is 1.67. The number of nitrogens with one attached hydrogen (secondary N) is 2. The Morgan fingerprint density at radius 2 is 2.19 bits per heavy atom. The van der Waals surface area contributed by atoms with Crippen LogP contribution in [-0.2, 0) is 9.53 Å². The van der Waals surface area contributed by atoms with Crippen LogP contribution in [-0.4, -0.2) is 49.5 Å². The molecule has 1 amide bonds. The van der Waals surface area contributed by atoms with E-state index in [4.69, 9.17) is 11.2 Å². The third-order valence-electron chi connectivity index (χ3n) is 2.67. The minimum atomic E-state index is -0.521. The van der Waals surface area contributed by atoms with E-state index < -0.39 is 5.54 Å². The van der Waals surface area contributed by atoms with E-state index in [0.717, 1.165) is 0 Å². The van der Waals surface area contributed by atoms with Crippen LogP contribution in [0.15, 0.2) is 0 Å². The summed E-state index contributed by atoms with van der Waals surface area (Å²) >= 11 is 0. The van der Waals surface area contributed by atoms with Crippen molar-refractivity contribution in [3.05, 3.63) is 0 Å². The number of aliphatic hydroxyl groups excluding tert-OH is 1. The van der Waals surface area contributed by atoms with Crippen LogP contribution in [0.3, 0.4) is 0 Å². The van der Waals surface area contributed by atoms with E-state index in [1.54, 1.807) is 0 Å². The predicted molar refractivity (Wildman–Crippen MR) is 59.7 cm³/mol. The lowest BCUT2D eigenvalue weighted by molar-refractivity contribution is -0.124. The van der Waals surface area contributed by atoms with Gasteiger partial charge in [-0.1, -0.05) is 5.92 Å². The van der Waals surface area contributed by atoms with Crippen LogP contribution in [0, 0.1) is 12.3 Å². The highest BCUT2D eigenvalue weighted by atomic mass is 16.5. The van der Waals surface area contributed by atoms with Crippen molar-refractivity contribution in [2.45, 2.75) is 18.4 Å². The van der Waals surface area contributed by atoms with Gasteiger partial charge >= 0.3 is 0 Å². The van der Waals surface area contributed by atoms with Crippen LogP contribution in [0.4, 0.5) is 0 Å². The van der Waals surface area contributed by atoms with Crippen molar-refractivity contribution in [2.75, 3.05) is 32.9 Å². The zero-order chi connectivity index (χ0) is 11.9. The molecular weight excluding hydrogens is 208 g/mol. The first-order valence-electron chi connectivity index (χ1n) is 5.36. The summed E-state index contributed by atoms with van der Waals surface area (Å²) in [6.07, 6.45) is 6.34. The molecule has 1 saturated heterocycles. The Morgan fingerprint density at radius 1 is 1.50 bits per heavy atom. The number of amides is 1. The molecule has 0 aromatic rings. The summed E-state index contributed by atoms with van der Waals surface area (Å²) in [4.78, 5) is 11.6. The van der Waals surface area contributed by atoms with Gasteiger partial charge in [-0.05, 0) is 12.8 Å². The van der Waals surface area contributed by atoms with Gasteiger partial charge in [-0.15, -0.1) is 6.42 Å². The Morgan fingerprint density at radius 3 is 2.75 bits per heavy atom. The highest BCUT2D eigenvalue weighted by molar-refractivity contribution is 5.78. The number of hydrogen-bond donors (Lipinski definition) is 3. The van der Waals surface area contributed by atoms with E-state index in [0.29, 0.717) is 32.6 Å². The normalized spacial score (nSPS) is 18.8. The van der Waals surface area contributed by atoms with Gasteiger partial charge in [0.1, 0.15) is 0 Å². The van der Waals surface area contributed by atoms with Crippen molar-refractivity contribution >= 4 is 5.91 Å². The minimum Gasteiger partial charge on any atom is -0.394 e. The summed E-state index contributed by atoms with van der Waals surface area (Å²) < 4.78 is 5.20. The Bertz CT molecular complexity index is 267. The first kappa shape index (κ1) is 13.0. The average molecular weight is 226 g/mol. The van der Waals surface area contributed by atoms with E-state index in [2.05, 4.69) is 16.6 Å². The second kappa shape index (κ2) is 6.48. The Kier molecular flexibility index (Phi) is 5.26. The second-order valence-corrected chi connectivity index (χ2v) is 3.91.